The van der Waals surface area contributed by atoms with E-state index in [1.165, 1.54) is 15.5 Å². The molecule has 2 N–H and O–H groups in total. The summed E-state index contributed by atoms with van der Waals surface area (Å²) in [5.74, 6) is -0.198. The van der Waals surface area contributed by atoms with E-state index in [0.717, 1.165) is 47.0 Å². The zero-order valence-corrected chi connectivity index (χ0v) is 18.1. The van der Waals surface area contributed by atoms with E-state index in [2.05, 4.69) is 20.5 Å². The third kappa shape index (κ3) is 3.99. The normalized spacial score (nSPS) is 13.1. The molecule has 4 aromatic rings. The van der Waals surface area contributed by atoms with Gasteiger partial charge in [-0.3, -0.25) is 19.0 Å². The number of nitrogens with zero attached hydrogens (tertiary/aromatic N) is 3. The summed E-state index contributed by atoms with van der Waals surface area (Å²) < 4.78 is 1.53. The lowest BCUT2D eigenvalue weighted by atomic mass is 9.97. The van der Waals surface area contributed by atoms with Crippen LogP contribution in [0.15, 0.2) is 52.3 Å². The smallest absolute Gasteiger partial charge is 0.264 e. The summed E-state index contributed by atoms with van der Waals surface area (Å²) in [4.78, 5) is 43.3. The van der Waals surface area contributed by atoms with Crippen molar-refractivity contribution in [1.82, 2.24) is 19.7 Å². The van der Waals surface area contributed by atoms with Crippen LogP contribution in [0.3, 0.4) is 0 Å². The second-order valence-corrected chi connectivity index (χ2v) is 8.90. The van der Waals surface area contributed by atoms with Crippen LogP contribution in [0.1, 0.15) is 29.7 Å². The van der Waals surface area contributed by atoms with Crippen molar-refractivity contribution < 1.29 is 4.79 Å². The van der Waals surface area contributed by atoms with Gasteiger partial charge in [0.25, 0.3) is 11.1 Å². The molecule has 8 nitrogen and oxygen atoms in total. The molecule has 1 aromatic carbocycles. The Hall–Kier alpha value is -3.59. The first kappa shape index (κ1) is 20.3. The predicted molar refractivity (Wildman–Crippen MR) is 124 cm³/mol. The molecule has 0 saturated heterocycles. The van der Waals surface area contributed by atoms with Crippen molar-refractivity contribution in [3.05, 3.63) is 73.9 Å². The van der Waals surface area contributed by atoms with Crippen LogP contribution in [0.5, 0.6) is 0 Å². The van der Waals surface area contributed by atoms with E-state index in [1.54, 1.807) is 41.9 Å². The summed E-state index contributed by atoms with van der Waals surface area (Å²) in [7, 11) is 0. The Morgan fingerprint density at radius 3 is 2.88 bits per heavy atom. The van der Waals surface area contributed by atoms with Crippen molar-refractivity contribution >= 4 is 33.1 Å². The zero-order chi connectivity index (χ0) is 22.1. The molecule has 0 atom stereocenters. The summed E-state index contributed by atoms with van der Waals surface area (Å²) in [6, 6.07) is 10.2. The van der Waals surface area contributed by atoms with Gasteiger partial charge in [-0.15, -0.1) is 11.3 Å². The number of thiophene rings is 1. The molecule has 0 radical (unpaired) electrons. The summed E-state index contributed by atoms with van der Waals surface area (Å²) in [5.41, 5.74) is 2.81. The molecular formula is C23H21N5O3S. The third-order valence-corrected chi connectivity index (χ3v) is 6.84. The number of benzene rings is 1. The van der Waals surface area contributed by atoms with Gasteiger partial charge in [0.2, 0.25) is 5.91 Å². The second-order valence-electron chi connectivity index (χ2n) is 7.82. The highest BCUT2D eigenvalue weighted by atomic mass is 32.1. The van der Waals surface area contributed by atoms with Gasteiger partial charge in [0, 0.05) is 35.2 Å². The molecule has 5 rings (SSSR count). The molecule has 3 heterocycles. The molecule has 32 heavy (non-hydrogen) atoms. The second kappa shape index (κ2) is 8.51. The molecule has 0 aliphatic heterocycles. The molecule has 9 heteroatoms. The van der Waals surface area contributed by atoms with Crippen LogP contribution in [-0.2, 0) is 24.2 Å². The van der Waals surface area contributed by atoms with E-state index >= 15 is 0 Å². The molecule has 0 spiro atoms. The minimum atomic E-state index is -0.274. The monoisotopic (exact) mass is 447 g/mol. The van der Waals surface area contributed by atoms with E-state index in [-0.39, 0.29) is 30.0 Å². The predicted octanol–water partition coefficient (Wildman–Crippen LogP) is 3.12. The number of hydrogen-bond donors (Lipinski definition) is 2. The Kier molecular flexibility index (Phi) is 5.40. The number of rotatable bonds is 5. The number of carbonyl (C=O) groups is 1. The van der Waals surface area contributed by atoms with Crippen molar-refractivity contribution in [2.75, 3.05) is 5.32 Å². The highest BCUT2D eigenvalue weighted by Crippen LogP contribution is 2.33. The van der Waals surface area contributed by atoms with Crippen LogP contribution in [0.2, 0.25) is 0 Å². The Labute approximate surface area is 187 Å². The molecule has 1 aliphatic rings. The first-order valence-electron chi connectivity index (χ1n) is 10.5. The molecule has 1 amide bonds. The quantitative estimate of drug-likeness (QED) is 0.489. The van der Waals surface area contributed by atoms with Crippen LogP contribution < -0.4 is 16.4 Å². The highest BCUT2D eigenvalue weighted by molar-refractivity contribution is 7.18. The van der Waals surface area contributed by atoms with Crippen LogP contribution in [0, 0.1) is 0 Å². The van der Waals surface area contributed by atoms with Gasteiger partial charge in [-0.25, -0.2) is 10.1 Å². The summed E-state index contributed by atoms with van der Waals surface area (Å²) in [5, 5.41) is 10.0. The number of nitrogens with one attached hydrogen (secondary N) is 2. The minimum absolute atomic E-state index is 0.0617. The van der Waals surface area contributed by atoms with E-state index < -0.39 is 0 Å². The number of amides is 1. The van der Waals surface area contributed by atoms with E-state index in [9.17, 15) is 14.4 Å². The fourth-order valence-electron chi connectivity index (χ4n) is 4.05. The van der Waals surface area contributed by atoms with E-state index in [1.807, 2.05) is 6.07 Å². The van der Waals surface area contributed by atoms with Gasteiger partial charge in [0.15, 0.2) is 0 Å². The number of H-pyrrole nitrogens is 1. The highest BCUT2D eigenvalue weighted by Gasteiger charge is 2.20. The largest absolute Gasteiger partial charge is 0.326 e. The number of aromatic nitrogens is 4. The molecule has 1 aliphatic carbocycles. The standard InChI is InChI=1S/C23H21N5O3S/c29-19(25-15-5-3-4-14(12-15)17-8-9-20(30)27-26-17)10-11-28-13-24-22-21(23(28)31)16-6-1-2-7-18(16)32-22/h3-5,8-9,12-13H,1-2,6-7,10-11H2,(H,25,29)(H,27,30). The van der Waals surface area contributed by atoms with Crippen LogP contribution in [0.25, 0.3) is 21.5 Å². The van der Waals surface area contributed by atoms with Crippen molar-refractivity contribution in [3.63, 3.8) is 0 Å². The number of aryl methyl sites for hydroxylation is 3. The van der Waals surface area contributed by atoms with Crippen molar-refractivity contribution in [2.45, 2.75) is 38.6 Å². The van der Waals surface area contributed by atoms with Crippen LogP contribution in [0.4, 0.5) is 5.69 Å². The molecule has 0 unspecified atom stereocenters. The molecule has 3 aromatic heterocycles. The average molecular weight is 448 g/mol. The Morgan fingerprint density at radius 1 is 1.16 bits per heavy atom. The lowest BCUT2D eigenvalue weighted by Crippen LogP contribution is -2.24. The van der Waals surface area contributed by atoms with Gasteiger partial charge in [-0.2, -0.15) is 5.10 Å². The summed E-state index contributed by atoms with van der Waals surface area (Å²) in [6.07, 6.45) is 5.91. The topological polar surface area (TPSA) is 110 Å². The fourth-order valence-corrected chi connectivity index (χ4v) is 5.27. The number of carbonyl (C=O) groups excluding carboxylic acids is 1. The van der Waals surface area contributed by atoms with Crippen LogP contribution in [-0.4, -0.2) is 25.7 Å². The lowest BCUT2D eigenvalue weighted by molar-refractivity contribution is -0.116. The number of fused-ring (bicyclic) bond motifs is 3. The lowest BCUT2D eigenvalue weighted by Gasteiger charge is -2.11. The van der Waals surface area contributed by atoms with Gasteiger partial charge in [0.1, 0.15) is 4.83 Å². The zero-order valence-electron chi connectivity index (χ0n) is 17.3. The first-order chi connectivity index (χ1) is 15.6. The Morgan fingerprint density at radius 2 is 2.03 bits per heavy atom. The van der Waals surface area contributed by atoms with E-state index in [4.69, 9.17) is 0 Å². The van der Waals surface area contributed by atoms with Crippen molar-refractivity contribution in [3.8, 4) is 11.3 Å². The van der Waals surface area contributed by atoms with E-state index in [0.29, 0.717) is 11.4 Å². The maximum atomic E-state index is 13.0. The van der Waals surface area contributed by atoms with Gasteiger partial charge >= 0.3 is 0 Å². The molecule has 162 valence electrons. The van der Waals surface area contributed by atoms with Crippen molar-refractivity contribution in [1.29, 1.82) is 0 Å². The number of hydrogen-bond acceptors (Lipinski definition) is 6. The maximum Gasteiger partial charge on any atom is 0.264 e. The maximum absolute atomic E-state index is 13.0. The van der Waals surface area contributed by atoms with Crippen molar-refractivity contribution in [2.24, 2.45) is 0 Å². The average Bonchev–Trinajstić information content (AvgIpc) is 3.19. The van der Waals surface area contributed by atoms with Gasteiger partial charge < -0.3 is 5.32 Å². The summed E-state index contributed by atoms with van der Waals surface area (Å²) >= 11 is 1.62. The van der Waals surface area contributed by atoms with Crippen LogP contribution >= 0.6 is 11.3 Å². The molecular weight excluding hydrogens is 426 g/mol. The molecule has 0 saturated carbocycles. The van der Waals surface area contributed by atoms with Gasteiger partial charge in [-0.05, 0) is 49.4 Å². The Bertz CT molecular complexity index is 1420. The van der Waals surface area contributed by atoms with Gasteiger partial charge in [-0.1, -0.05) is 12.1 Å². The SMILES string of the molecule is O=C(CCn1cnc2sc3c(c2c1=O)CCCC3)Nc1cccc(-c2ccc(=O)[nH]n2)c1. The number of anilines is 1. The van der Waals surface area contributed by atoms with Gasteiger partial charge in [0.05, 0.1) is 17.4 Å². The minimum Gasteiger partial charge on any atom is -0.326 e. The fraction of sp³-hybridized carbons (Fsp3) is 0.261. The summed E-state index contributed by atoms with van der Waals surface area (Å²) in [6.45, 7) is 0.263. The third-order valence-electron chi connectivity index (χ3n) is 5.64. The number of aromatic amines is 1. The first-order valence-corrected chi connectivity index (χ1v) is 11.4. The Balaban J connectivity index is 1.29. The molecule has 0 bridgehead atoms. The molecule has 0 fully saturated rings.